The largest absolute Gasteiger partial charge is 0.244 e. The summed E-state index contributed by atoms with van der Waals surface area (Å²) < 4.78 is 30.5. The molecule has 1 N–H and O–H groups in total. The van der Waals surface area contributed by atoms with Gasteiger partial charge >= 0.3 is 0 Å². The summed E-state index contributed by atoms with van der Waals surface area (Å²) in [6, 6.07) is 2.72. The van der Waals surface area contributed by atoms with Crippen LogP contribution < -0.4 is 4.72 Å². The van der Waals surface area contributed by atoms with Gasteiger partial charge in [-0.2, -0.15) is 4.72 Å². The van der Waals surface area contributed by atoms with Gasteiger partial charge < -0.3 is 0 Å². The number of sulfonamides is 1. The second-order valence-corrected chi connectivity index (χ2v) is 5.99. The average molecular weight is 296 g/mol. The first kappa shape index (κ1) is 12.6. The number of aromatic nitrogens is 2. The van der Waals surface area contributed by atoms with E-state index in [9.17, 15) is 8.42 Å². The number of hydrogen-bond acceptors (Lipinski definition) is 5. The highest BCUT2D eigenvalue weighted by atomic mass is 35.5. The fourth-order valence-electron chi connectivity index (χ4n) is 1.31. The highest BCUT2D eigenvalue weighted by Crippen LogP contribution is 2.26. The maximum absolute atomic E-state index is 11.9. The number of nitrogens with one attached hydrogen (secondary N) is 1. The van der Waals surface area contributed by atoms with Crippen LogP contribution in [-0.4, -0.2) is 24.2 Å². The number of hydrogen-bond donors (Lipinski definition) is 1. The van der Waals surface area contributed by atoms with Crippen LogP contribution in [-0.2, 0) is 10.0 Å². The third-order valence-corrected chi connectivity index (χ3v) is 4.05. The van der Waals surface area contributed by atoms with Gasteiger partial charge in [0.25, 0.3) is 0 Å². The van der Waals surface area contributed by atoms with Crippen molar-refractivity contribution < 1.29 is 13.0 Å². The third kappa shape index (κ3) is 2.37. The number of halogens is 2. The molecular formula is C8H7Cl2N3O3S. The van der Waals surface area contributed by atoms with Crippen molar-refractivity contribution in [1.82, 2.24) is 15.0 Å². The maximum Gasteiger partial charge on any atom is 0.244 e. The Morgan fingerprint density at radius 3 is 2.65 bits per heavy atom. The van der Waals surface area contributed by atoms with Gasteiger partial charge in [0.1, 0.15) is 4.90 Å². The standard InChI is InChI=1S/C8H7Cl2N3O3S/c1-4(9)13-17(14,15)6-3-2-5(10)7-8(6)12-16-11-7/h2-4,13H,1H3. The molecular weight excluding hydrogens is 289 g/mol. The topological polar surface area (TPSA) is 85.1 Å². The molecule has 1 aromatic carbocycles. The van der Waals surface area contributed by atoms with Crippen molar-refractivity contribution in [3.63, 3.8) is 0 Å². The highest BCUT2D eigenvalue weighted by Gasteiger charge is 2.22. The van der Waals surface area contributed by atoms with Crippen molar-refractivity contribution in [2.24, 2.45) is 0 Å². The first-order valence-corrected chi connectivity index (χ1v) is 6.79. The summed E-state index contributed by atoms with van der Waals surface area (Å²) in [4.78, 5) is -0.0781. The summed E-state index contributed by atoms with van der Waals surface area (Å²) in [6.45, 7) is 1.49. The first-order valence-electron chi connectivity index (χ1n) is 4.49. The number of alkyl halides is 1. The van der Waals surface area contributed by atoms with E-state index in [0.717, 1.165) is 0 Å². The van der Waals surface area contributed by atoms with Crippen LogP contribution in [0.15, 0.2) is 21.7 Å². The van der Waals surface area contributed by atoms with Gasteiger partial charge in [0.05, 0.1) is 10.5 Å². The van der Waals surface area contributed by atoms with E-state index in [2.05, 4.69) is 19.7 Å². The van der Waals surface area contributed by atoms with Crippen molar-refractivity contribution in [3.05, 3.63) is 17.2 Å². The highest BCUT2D eigenvalue weighted by molar-refractivity contribution is 7.89. The van der Waals surface area contributed by atoms with Gasteiger partial charge in [-0.05, 0) is 29.4 Å². The van der Waals surface area contributed by atoms with Gasteiger partial charge in [-0.25, -0.2) is 13.0 Å². The third-order valence-electron chi connectivity index (χ3n) is 1.94. The summed E-state index contributed by atoms with van der Waals surface area (Å²) in [5.74, 6) is 0. The van der Waals surface area contributed by atoms with E-state index in [1.807, 2.05) is 0 Å². The zero-order valence-electron chi connectivity index (χ0n) is 8.52. The average Bonchev–Trinajstić information content (AvgIpc) is 2.64. The number of rotatable bonds is 3. The minimum absolute atomic E-state index is 0.0716. The molecule has 0 bridgehead atoms. The summed E-state index contributed by atoms with van der Waals surface area (Å²) in [6.07, 6.45) is 0. The molecule has 17 heavy (non-hydrogen) atoms. The minimum atomic E-state index is -3.78. The monoisotopic (exact) mass is 295 g/mol. The molecule has 1 atom stereocenters. The Morgan fingerprint density at radius 1 is 1.35 bits per heavy atom. The molecule has 0 saturated heterocycles. The lowest BCUT2D eigenvalue weighted by molar-refractivity contribution is 0.315. The van der Waals surface area contributed by atoms with Gasteiger partial charge in [0, 0.05) is 0 Å². The Bertz CT molecular complexity index is 653. The molecule has 0 fully saturated rings. The zero-order valence-corrected chi connectivity index (χ0v) is 10.8. The van der Waals surface area contributed by atoms with Crippen LogP contribution in [0.1, 0.15) is 6.92 Å². The lowest BCUT2D eigenvalue weighted by Crippen LogP contribution is -2.28. The van der Waals surface area contributed by atoms with E-state index in [4.69, 9.17) is 23.2 Å². The molecule has 0 saturated carbocycles. The van der Waals surface area contributed by atoms with Crippen molar-refractivity contribution >= 4 is 44.3 Å². The lowest BCUT2D eigenvalue weighted by Gasteiger charge is -2.07. The van der Waals surface area contributed by atoms with Crippen molar-refractivity contribution in [2.45, 2.75) is 17.3 Å². The Kier molecular flexibility index (Phi) is 3.26. The summed E-state index contributed by atoms with van der Waals surface area (Å²) >= 11 is 11.4. The maximum atomic E-state index is 11.9. The molecule has 92 valence electrons. The Morgan fingerprint density at radius 2 is 2.00 bits per heavy atom. The second kappa shape index (κ2) is 4.41. The van der Waals surface area contributed by atoms with Crippen molar-refractivity contribution in [2.75, 3.05) is 0 Å². The van der Waals surface area contributed by atoms with Gasteiger partial charge in [0.15, 0.2) is 11.0 Å². The van der Waals surface area contributed by atoms with Gasteiger partial charge in [-0.15, -0.1) is 11.6 Å². The predicted molar refractivity (Wildman–Crippen MR) is 62.5 cm³/mol. The van der Waals surface area contributed by atoms with Crippen LogP contribution in [0.4, 0.5) is 0 Å². The van der Waals surface area contributed by atoms with Crippen LogP contribution >= 0.6 is 23.2 Å². The van der Waals surface area contributed by atoms with Crippen molar-refractivity contribution in [1.29, 1.82) is 0 Å². The van der Waals surface area contributed by atoms with Crippen LogP contribution in [0.3, 0.4) is 0 Å². The van der Waals surface area contributed by atoms with Crippen LogP contribution in [0.5, 0.6) is 0 Å². The summed E-state index contributed by atoms with van der Waals surface area (Å²) in [5, 5.41) is 7.31. The Balaban J connectivity index is 2.64. The number of benzene rings is 1. The Hall–Kier alpha value is -0.890. The Labute approximate surface area is 107 Å². The molecule has 2 rings (SSSR count). The smallest absolute Gasteiger partial charge is 0.243 e. The number of fused-ring (bicyclic) bond motifs is 1. The van der Waals surface area contributed by atoms with E-state index >= 15 is 0 Å². The van der Waals surface area contributed by atoms with Gasteiger partial charge in [0.2, 0.25) is 10.0 Å². The van der Waals surface area contributed by atoms with Crippen LogP contribution in [0.25, 0.3) is 11.0 Å². The van der Waals surface area contributed by atoms with Crippen LogP contribution in [0.2, 0.25) is 5.02 Å². The molecule has 0 aliphatic heterocycles. The molecule has 0 radical (unpaired) electrons. The molecule has 9 heteroatoms. The summed E-state index contributed by atoms with van der Waals surface area (Å²) in [5.41, 5.74) is -0.482. The van der Waals surface area contributed by atoms with E-state index in [1.165, 1.54) is 19.1 Å². The molecule has 1 heterocycles. The molecule has 0 aliphatic rings. The van der Waals surface area contributed by atoms with E-state index in [1.54, 1.807) is 0 Å². The molecule has 0 spiro atoms. The molecule has 0 amide bonds. The van der Waals surface area contributed by atoms with E-state index in [-0.39, 0.29) is 21.0 Å². The van der Waals surface area contributed by atoms with E-state index < -0.39 is 15.5 Å². The zero-order chi connectivity index (χ0) is 12.6. The molecule has 1 aromatic heterocycles. The van der Waals surface area contributed by atoms with Gasteiger partial charge in [-0.1, -0.05) is 11.6 Å². The molecule has 0 aliphatic carbocycles. The molecule has 6 nitrogen and oxygen atoms in total. The van der Waals surface area contributed by atoms with E-state index in [0.29, 0.717) is 0 Å². The number of nitrogens with zero attached hydrogens (tertiary/aromatic N) is 2. The first-order chi connectivity index (χ1) is 7.92. The summed E-state index contributed by atoms with van der Waals surface area (Å²) in [7, 11) is -3.78. The molecule has 2 aromatic rings. The van der Waals surface area contributed by atoms with Crippen LogP contribution in [0, 0.1) is 0 Å². The molecule has 1 unspecified atom stereocenters. The second-order valence-electron chi connectivity index (χ2n) is 3.24. The van der Waals surface area contributed by atoms with Crippen molar-refractivity contribution in [3.8, 4) is 0 Å². The lowest BCUT2D eigenvalue weighted by atomic mass is 10.3. The fraction of sp³-hybridized carbons (Fsp3) is 0.250. The van der Waals surface area contributed by atoms with Gasteiger partial charge in [-0.3, -0.25) is 0 Å². The minimum Gasteiger partial charge on any atom is -0.243 e. The normalized spacial score (nSPS) is 14.1. The SMILES string of the molecule is CC(Cl)NS(=O)(=O)c1ccc(Cl)c2nonc12. The quantitative estimate of drug-likeness (QED) is 0.689. The predicted octanol–water partition coefficient (Wildman–Crippen LogP) is 1.74. The fourth-order valence-corrected chi connectivity index (χ4v) is 3.04.